The lowest BCUT2D eigenvalue weighted by molar-refractivity contribution is -0.385. The van der Waals surface area contributed by atoms with Crippen LogP contribution in [-0.2, 0) is 0 Å². The van der Waals surface area contributed by atoms with Crippen molar-refractivity contribution in [1.82, 2.24) is 10.6 Å². The van der Waals surface area contributed by atoms with E-state index in [1.165, 1.54) is 48.5 Å². The molecule has 0 unspecified atom stereocenters. The van der Waals surface area contributed by atoms with Gasteiger partial charge in [-0.25, -0.2) is 0 Å². The number of hydrogen-bond acceptors (Lipinski definition) is 8. The quantitative estimate of drug-likeness (QED) is 0.288. The van der Waals surface area contributed by atoms with E-state index in [-0.39, 0.29) is 28.2 Å². The summed E-state index contributed by atoms with van der Waals surface area (Å²) in [6, 6.07) is 14.6. The topological polar surface area (TPSA) is 188 Å². The molecule has 2 amide bonds. The number of amides is 2. The molecule has 0 aromatic heterocycles. The molecule has 0 bridgehead atoms. The maximum Gasteiger partial charge on any atom is 0.269 e. The molecule has 3 rings (SSSR count). The summed E-state index contributed by atoms with van der Waals surface area (Å²) < 4.78 is 0. The van der Waals surface area contributed by atoms with Gasteiger partial charge in [0, 0.05) is 47.5 Å². The van der Waals surface area contributed by atoms with Crippen molar-refractivity contribution in [2.75, 3.05) is 0 Å². The number of carbonyl (C=O) groups is 2. The predicted molar refractivity (Wildman–Crippen MR) is 117 cm³/mol. The van der Waals surface area contributed by atoms with Gasteiger partial charge >= 0.3 is 0 Å². The minimum Gasteiger partial charge on any atom is -0.328 e. The van der Waals surface area contributed by atoms with Crippen LogP contribution in [0, 0.1) is 30.3 Å². The molecule has 0 radical (unpaired) electrons. The van der Waals surface area contributed by atoms with Crippen molar-refractivity contribution >= 4 is 28.9 Å². The van der Waals surface area contributed by atoms with Crippen molar-refractivity contribution in [1.29, 1.82) is 0 Å². The first-order chi connectivity index (χ1) is 16.2. The van der Waals surface area contributed by atoms with Crippen LogP contribution in [0.25, 0.3) is 0 Å². The molecule has 0 saturated heterocycles. The molecule has 172 valence electrons. The third-order valence-corrected chi connectivity index (χ3v) is 4.67. The highest BCUT2D eigenvalue weighted by atomic mass is 16.6. The minimum absolute atomic E-state index is 0.0714. The van der Waals surface area contributed by atoms with Gasteiger partial charge < -0.3 is 10.6 Å². The number of nitro benzene ring substituents is 3. The summed E-state index contributed by atoms with van der Waals surface area (Å²) >= 11 is 0. The zero-order valence-electron chi connectivity index (χ0n) is 17.1. The van der Waals surface area contributed by atoms with E-state index < -0.39 is 32.8 Å². The fourth-order valence-corrected chi connectivity index (χ4v) is 2.89. The predicted octanol–water partition coefficient (Wildman–Crippen LogP) is 3.27. The number of rotatable bonds is 8. The van der Waals surface area contributed by atoms with Crippen LogP contribution in [0.2, 0.25) is 0 Å². The summed E-state index contributed by atoms with van der Waals surface area (Å²) in [6.45, 7) is 0. The van der Waals surface area contributed by atoms with Gasteiger partial charge in [0.15, 0.2) is 0 Å². The van der Waals surface area contributed by atoms with Crippen molar-refractivity contribution in [3.8, 4) is 0 Å². The molecule has 0 aliphatic carbocycles. The third kappa shape index (κ3) is 5.53. The molecule has 0 aliphatic rings. The zero-order valence-corrected chi connectivity index (χ0v) is 17.1. The van der Waals surface area contributed by atoms with E-state index in [0.29, 0.717) is 5.56 Å². The average Bonchev–Trinajstić information content (AvgIpc) is 2.83. The van der Waals surface area contributed by atoms with Crippen LogP contribution in [0.4, 0.5) is 17.1 Å². The highest BCUT2D eigenvalue weighted by molar-refractivity contribution is 5.97. The first-order valence-electron chi connectivity index (χ1n) is 9.50. The van der Waals surface area contributed by atoms with Gasteiger partial charge in [0.2, 0.25) is 0 Å². The van der Waals surface area contributed by atoms with Crippen molar-refractivity contribution in [2.24, 2.45) is 0 Å². The molecule has 13 heteroatoms. The smallest absolute Gasteiger partial charge is 0.269 e. The number of carbonyl (C=O) groups excluding carboxylic acids is 2. The zero-order chi connectivity index (χ0) is 24.8. The highest BCUT2D eigenvalue weighted by Gasteiger charge is 2.21. The summed E-state index contributed by atoms with van der Waals surface area (Å²) in [4.78, 5) is 56.1. The fraction of sp³-hybridized carbons (Fsp3) is 0.0476. The van der Waals surface area contributed by atoms with Gasteiger partial charge in [-0.05, 0) is 42.0 Å². The Morgan fingerprint density at radius 1 is 0.559 bits per heavy atom. The molecule has 3 aromatic carbocycles. The number of nitrogens with one attached hydrogen (secondary N) is 2. The van der Waals surface area contributed by atoms with Crippen LogP contribution in [0.15, 0.2) is 72.8 Å². The van der Waals surface area contributed by atoms with Crippen LogP contribution >= 0.6 is 0 Å². The largest absolute Gasteiger partial charge is 0.328 e. The Morgan fingerprint density at radius 3 is 1.15 bits per heavy atom. The summed E-state index contributed by atoms with van der Waals surface area (Å²) in [6.07, 6.45) is -1.15. The van der Waals surface area contributed by atoms with E-state index in [4.69, 9.17) is 0 Å². The molecule has 13 nitrogen and oxygen atoms in total. The van der Waals surface area contributed by atoms with Gasteiger partial charge in [-0.15, -0.1) is 0 Å². The van der Waals surface area contributed by atoms with Crippen LogP contribution in [0.3, 0.4) is 0 Å². The summed E-state index contributed by atoms with van der Waals surface area (Å²) in [5.41, 5.74) is -0.184. The van der Waals surface area contributed by atoms with Gasteiger partial charge in [-0.3, -0.25) is 39.9 Å². The highest BCUT2D eigenvalue weighted by Crippen LogP contribution is 2.19. The van der Waals surface area contributed by atoms with Gasteiger partial charge in [0.05, 0.1) is 14.8 Å². The second-order valence-electron chi connectivity index (χ2n) is 6.84. The summed E-state index contributed by atoms with van der Waals surface area (Å²) in [5, 5.41) is 37.7. The Labute approximate surface area is 190 Å². The maximum atomic E-state index is 12.7. The molecule has 0 saturated carbocycles. The monoisotopic (exact) mass is 465 g/mol. The molecule has 0 aliphatic heterocycles. The first-order valence-corrected chi connectivity index (χ1v) is 9.50. The molecule has 2 N–H and O–H groups in total. The summed E-state index contributed by atoms with van der Waals surface area (Å²) in [7, 11) is 0. The van der Waals surface area contributed by atoms with E-state index in [0.717, 1.165) is 24.3 Å². The fourth-order valence-electron chi connectivity index (χ4n) is 2.89. The number of non-ortho nitro benzene ring substituents is 3. The maximum absolute atomic E-state index is 12.7. The first kappa shape index (κ1) is 23.5. The number of hydrogen-bond donors (Lipinski definition) is 2. The Hall–Kier alpha value is -5.20. The van der Waals surface area contributed by atoms with Crippen LogP contribution < -0.4 is 10.6 Å². The lowest BCUT2D eigenvalue weighted by Gasteiger charge is -2.21. The molecule has 0 atom stereocenters. The molecule has 0 spiro atoms. The van der Waals surface area contributed by atoms with Crippen molar-refractivity contribution in [3.63, 3.8) is 0 Å². The molecule has 34 heavy (non-hydrogen) atoms. The Morgan fingerprint density at radius 2 is 0.853 bits per heavy atom. The molecular weight excluding hydrogens is 450 g/mol. The van der Waals surface area contributed by atoms with E-state index in [9.17, 15) is 39.9 Å². The van der Waals surface area contributed by atoms with Crippen molar-refractivity contribution in [2.45, 2.75) is 6.17 Å². The van der Waals surface area contributed by atoms with Crippen LogP contribution in [-0.4, -0.2) is 26.6 Å². The number of benzene rings is 3. The van der Waals surface area contributed by atoms with Crippen molar-refractivity contribution in [3.05, 3.63) is 120 Å². The SMILES string of the molecule is O=C(NC(NC(=O)c1ccc([N+](=O)[O-])cc1)c1ccc([N+](=O)[O-])cc1)c1ccc([N+](=O)[O-])cc1. The molecular formula is C21H15N5O8. The Kier molecular flexibility index (Phi) is 6.87. The van der Waals surface area contributed by atoms with Gasteiger partial charge in [0.1, 0.15) is 6.17 Å². The summed E-state index contributed by atoms with van der Waals surface area (Å²) in [5.74, 6) is -1.36. The number of nitrogens with zero attached hydrogens (tertiary/aromatic N) is 3. The average molecular weight is 465 g/mol. The normalized spacial score (nSPS) is 10.4. The lowest BCUT2D eigenvalue weighted by Crippen LogP contribution is -2.41. The van der Waals surface area contributed by atoms with E-state index in [2.05, 4.69) is 10.6 Å². The minimum atomic E-state index is -1.15. The molecule has 0 fully saturated rings. The number of nitro groups is 3. The van der Waals surface area contributed by atoms with Gasteiger partial charge in [-0.1, -0.05) is 0 Å². The van der Waals surface area contributed by atoms with Gasteiger partial charge in [0.25, 0.3) is 28.9 Å². The second kappa shape index (κ2) is 9.95. The van der Waals surface area contributed by atoms with Gasteiger partial charge in [-0.2, -0.15) is 0 Å². The molecule has 3 aromatic rings. The Bertz CT molecular complexity index is 1190. The Balaban J connectivity index is 1.86. The third-order valence-electron chi connectivity index (χ3n) is 4.67. The second-order valence-corrected chi connectivity index (χ2v) is 6.84. The van der Waals surface area contributed by atoms with Crippen LogP contribution in [0.1, 0.15) is 32.4 Å². The van der Waals surface area contributed by atoms with E-state index in [1.807, 2.05) is 0 Å². The lowest BCUT2D eigenvalue weighted by atomic mass is 10.1. The van der Waals surface area contributed by atoms with Crippen molar-refractivity contribution < 1.29 is 24.4 Å². The van der Waals surface area contributed by atoms with Crippen LogP contribution in [0.5, 0.6) is 0 Å². The van der Waals surface area contributed by atoms with E-state index >= 15 is 0 Å². The standard InChI is InChI=1S/C21H15N5O8/c27-20(14-3-9-17(10-4-14)25(31)32)22-19(13-1-7-16(8-2-13)24(29)30)23-21(28)15-5-11-18(12-6-15)26(33)34/h1-12,19H,(H,22,27)(H,23,28). The molecule has 0 heterocycles. The van der Waals surface area contributed by atoms with E-state index in [1.54, 1.807) is 0 Å².